The van der Waals surface area contributed by atoms with Crippen LogP contribution in [0.25, 0.3) is 0 Å². The average molecular weight is 389 g/mol. The molecule has 1 atom stereocenters. The third-order valence-electron chi connectivity index (χ3n) is 5.62. The van der Waals surface area contributed by atoms with E-state index in [1.165, 1.54) is 6.07 Å². The van der Waals surface area contributed by atoms with Crippen molar-refractivity contribution in [1.29, 1.82) is 0 Å². The van der Waals surface area contributed by atoms with Crippen molar-refractivity contribution in [3.8, 4) is 0 Å². The van der Waals surface area contributed by atoms with Crippen LogP contribution in [0.15, 0.2) is 24.3 Å². The van der Waals surface area contributed by atoms with E-state index >= 15 is 0 Å². The number of nitro benzene ring substituents is 1. The first-order valence-electron chi connectivity index (χ1n) is 9.95. The van der Waals surface area contributed by atoms with E-state index in [1.807, 2.05) is 4.90 Å². The van der Waals surface area contributed by atoms with E-state index in [0.29, 0.717) is 51.3 Å². The molecule has 0 aromatic heterocycles. The summed E-state index contributed by atoms with van der Waals surface area (Å²) in [4.78, 5) is 39.6. The van der Waals surface area contributed by atoms with Crippen molar-refractivity contribution < 1.29 is 19.2 Å². The van der Waals surface area contributed by atoms with E-state index in [9.17, 15) is 19.7 Å². The summed E-state index contributed by atoms with van der Waals surface area (Å²) in [5.41, 5.74) is 0.708. The van der Waals surface area contributed by atoms with E-state index in [1.54, 1.807) is 30.0 Å². The molecule has 1 aromatic rings. The number of ether oxygens (including phenoxy) is 1. The smallest absolute Gasteiger partial charge is 0.310 e. The Kier molecular flexibility index (Phi) is 6.49. The monoisotopic (exact) mass is 389 g/mol. The summed E-state index contributed by atoms with van der Waals surface area (Å²) in [6, 6.07) is 6.72. The van der Waals surface area contributed by atoms with E-state index in [0.717, 1.165) is 12.8 Å². The SMILES string of the molecule is CCOC(=O)C1CCCN(C(=O)C2CCN(c3ccccc3[N+](=O)[O-])CC2)C1. The molecule has 0 bridgehead atoms. The predicted octanol–water partition coefficient (Wildman–Crippen LogP) is 2.61. The van der Waals surface area contributed by atoms with E-state index in [-0.39, 0.29) is 34.3 Å². The highest BCUT2D eigenvalue weighted by molar-refractivity contribution is 5.81. The summed E-state index contributed by atoms with van der Waals surface area (Å²) >= 11 is 0. The number of nitro groups is 1. The summed E-state index contributed by atoms with van der Waals surface area (Å²) in [5.74, 6) is -0.452. The van der Waals surface area contributed by atoms with Gasteiger partial charge in [-0.15, -0.1) is 0 Å². The standard InChI is InChI=1S/C20H27N3O5/c1-2-28-20(25)16-6-5-11-22(14-16)19(24)15-9-12-21(13-10-15)17-7-3-4-8-18(17)23(26)27/h3-4,7-8,15-16H,2,5-6,9-14H2,1H3. The summed E-state index contributed by atoms with van der Waals surface area (Å²) < 4.78 is 5.11. The van der Waals surface area contributed by atoms with Gasteiger partial charge in [0.1, 0.15) is 5.69 Å². The van der Waals surface area contributed by atoms with Crippen LogP contribution in [0.5, 0.6) is 0 Å². The fourth-order valence-electron chi connectivity index (χ4n) is 4.14. The van der Waals surface area contributed by atoms with Crippen molar-refractivity contribution in [1.82, 2.24) is 4.90 Å². The lowest BCUT2D eigenvalue weighted by Crippen LogP contribution is -2.47. The molecule has 2 aliphatic rings. The first-order chi connectivity index (χ1) is 13.5. The van der Waals surface area contributed by atoms with Crippen LogP contribution in [0.1, 0.15) is 32.6 Å². The molecule has 2 fully saturated rings. The number of nitrogens with zero attached hydrogens (tertiary/aromatic N) is 3. The van der Waals surface area contributed by atoms with Crippen molar-refractivity contribution >= 4 is 23.3 Å². The van der Waals surface area contributed by atoms with Gasteiger partial charge in [-0.3, -0.25) is 19.7 Å². The normalized spacial score (nSPS) is 20.7. The van der Waals surface area contributed by atoms with Crippen LogP contribution >= 0.6 is 0 Å². The van der Waals surface area contributed by atoms with Gasteiger partial charge in [0.25, 0.3) is 5.69 Å². The maximum atomic E-state index is 12.9. The highest BCUT2D eigenvalue weighted by Crippen LogP contribution is 2.32. The van der Waals surface area contributed by atoms with Crippen molar-refractivity contribution in [2.45, 2.75) is 32.6 Å². The molecule has 2 saturated heterocycles. The molecule has 8 heteroatoms. The van der Waals surface area contributed by atoms with Crippen LogP contribution in [-0.2, 0) is 14.3 Å². The molecule has 0 saturated carbocycles. The fraction of sp³-hybridized carbons (Fsp3) is 0.600. The summed E-state index contributed by atoms with van der Waals surface area (Å²) in [7, 11) is 0. The zero-order valence-corrected chi connectivity index (χ0v) is 16.2. The van der Waals surface area contributed by atoms with Gasteiger partial charge in [0.15, 0.2) is 0 Å². The number of benzene rings is 1. The van der Waals surface area contributed by atoms with Crippen molar-refractivity contribution in [2.75, 3.05) is 37.7 Å². The van der Waals surface area contributed by atoms with Gasteiger partial charge in [0.2, 0.25) is 5.91 Å². The van der Waals surface area contributed by atoms with Crippen LogP contribution in [0.4, 0.5) is 11.4 Å². The van der Waals surface area contributed by atoms with Crippen molar-refractivity contribution in [3.63, 3.8) is 0 Å². The Morgan fingerprint density at radius 3 is 2.54 bits per heavy atom. The van der Waals surface area contributed by atoms with Gasteiger partial charge in [-0.05, 0) is 38.7 Å². The molecular formula is C20H27N3O5. The maximum absolute atomic E-state index is 12.9. The van der Waals surface area contributed by atoms with Gasteiger partial charge in [-0.25, -0.2) is 0 Å². The number of anilines is 1. The molecule has 8 nitrogen and oxygen atoms in total. The minimum atomic E-state index is -0.365. The zero-order chi connectivity index (χ0) is 20.1. The number of carbonyl (C=O) groups excluding carboxylic acids is 2. The van der Waals surface area contributed by atoms with Crippen molar-refractivity contribution in [2.24, 2.45) is 11.8 Å². The number of hydrogen-bond donors (Lipinski definition) is 0. The number of hydrogen-bond acceptors (Lipinski definition) is 6. The molecule has 0 aliphatic carbocycles. The number of carbonyl (C=O) groups is 2. The highest BCUT2D eigenvalue weighted by atomic mass is 16.6. The number of likely N-dealkylation sites (tertiary alicyclic amines) is 1. The first-order valence-corrected chi connectivity index (χ1v) is 9.95. The Balaban J connectivity index is 1.58. The molecule has 1 unspecified atom stereocenters. The molecule has 0 radical (unpaired) electrons. The van der Waals surface area contributed by atoms with Crippen molar-refractivity contribution in [3.05, 3.63) is 34.4 Å². The molecule has 3 rings (SSSR count). The summed E-state index contributed by atoms with van der Waals surface area (Å²) in [6.07, 6.45) is 2.89. The van der Waals surface area contributed by atoms with Gasteiger partial charge >= 0.3 is 5.97 Å². The summed E-state index contributed by atoms with van der Waals surface area (Å²) in [5, 5.41) is 11.3. The minimum absolute atomic E-state index is 0.0937. The van der Waals surface area contributed by atoms with Crippen LogP contribution in [0, 0.1) is 22.0 Å². The molecule has 0 N–H and O–H groups in total. The molecule has 1 aromatic carbocycles. The number of piperidine rings is 2. The number of rotatable bonds is 5. The lowest BCUT2D eigenvalue weighted by atomic mass is 9.92. The molecule has 28 heavy (non-hydrogen) atoms. The quantitative estimate of drug-likeness (QED) is 0.437. The Hall–Kier alpha value is -2.64. The lowest BCUT2D eigenvalue weighted by Gasteiger charge is -2.37. The molecular weight excluding hydrogens is 362 g/mol. The Bertz CT molecular complexity index is 730. The second-order valence-electron chi connectivity index (χ2n) is 7.38. The number of para-hydroxylation sites is 2. The Morgan fingerprint density at radius 2 is 1.86 bits per heavy atom. The third kappa shape index (κ3) is 4.43. The average Bonchev–Trinajstić information content (AvgIpc) is 2.73. The van der Waals surface area contributed by atoms with Gasteiger partial charge in [-0.2, -0.15) is 0 Å². The fourth-order valence-corrected chi connectivity index (χ4v) is 4.14. The van der Waals surface area contributed by atoms with Gasteiger partial charge in [0, 0.05) is 38.2 Å². The molecule has 152 valence electrons. The number of amides is 1. The zero-order valence-electron chi connectivity index (χ0n) is 16.2. The summed E-state index contributed by atoms with van der Waals surface area (Å²) in [6.45, 7) is 4.47. The predicted molar refractivity (Wildman–Crippen MR) is 104 cm³/mol. The van der Waals surface area contributed by atoms with Gasteiger partial charge in [0.05, 0.1) is 17.4 Å². The van der Waals surface area contributed by atoms with E-state index in [2.05, 4.69) is 0 Å². The van der Waals surface area contributed by atoms with Crippen LogP contribution in [-0.4, -0.2) is 54.5 Å². The Labute approximate surface area is 164 Å². The van der Waals surface area contributed by atoms with Crippen LogP contribution in [0.2, 0.25) is 0 Å². The second-order valence-corrected chi connectivity index (χ2v) is 7.38. The van der Waals surface area contributed by atoms with E-state index in [4.69, 9.17) is 4.74 Å². The minimum Gasteiger partial charge on any atom is -0.466 e. The van der Waals surface area contributed by atoms with Crippen LogP contribution in [0.3, 0.4) is 0 Å². The second kappa shape index (κ2) is 9.03. The highest BCUT2D eigenvalue weighted by Gasteiger charge is 2.34. The Morgan fingerprint density at radius 1 is 1.14 bits per heavy atom. The maximum Gasteiger partial charge on any atom is 0.310 e. The van der Waals surface area contributed by atoms with Gasteiger partial charge in [-0.1, -0.05) is 12.1 Å². The largest absolute Gasteiger partial charge is 0.466 e. The molecule has 0 spiro atoms. The third-order valence-corrected chi connectivity index (χ3v) is 5.62. The van der Waals surface area contributed by atoms with Crippen LogP contribution < -0.4 is 4.90 Å². The van der Waals surface area contributed by atoms with E-state index < -0.39 is 0 Å². The van der Waals surface area contributed by atoms with Gasteiger partial charge < -0.3 is 14.5 Å². The topological polar surface area (TPSA) is 93.0 Å². The lowest BCUT2D eigenvalue weighted by molar-refractivity contribution is -0.384. The molecule has 1 amide bonds. The number of esters is 1. The first kappa shape index (κ1) is 20.1. The molecule has 2 heterocycles. The molecule has 2 aliphatic heterocycles.